The fourth-order valence-electron chi connectivity index (χ4n) is 4.14. The molecule has 0 radical (unpaired) electrons. The van der Waals surface area contributed by atoms with Gasteiger partial charge in [0.1, 0.15) is 23.7 Å². The first kappa shape index (κ1) is 25.3. The van der Waals surface area contributed by atoms with Crippen LogP contribution in [0.5, 0.6) is 11.5 Å². The third kappa shape index (κ3) is 7.91. The van der Waals surface area contributed by atoms with Crippen LogP contribution in [0.2, 0.25) is 5.02 Å². The number of carbonyl (C=O) groups is 1. The van der Waals surface area contributed by atoms with E-state index < -0.39 is 5.60 Å². The first-order chi connectivity index (χ1) is 15.7. The minimum Gasteiger partial charge on any atom is -0.494 e. The zero-order chi connectivity index (χ0) is 23.8. The number of benzene rings is 2. The van der Waals surface area contributed by atoms with Crippen LogP contribution in [0.15, 0.2) is 36.4 Å². The number of hydrogen-bond acceptors (Lipinski definition) is 5. The van der Waals surface area contributed by atoms with Gasteiger partial charge in [-0.3, -0.25) is 9.69 Å². The molecule has 3 rings (SSSR count). The summed E-state index contributed by atoms with van der Waals surface area (Å²) in [5.41, 5.74) is 2.25. The minimum absolute atomic E-state index is 0.0225. The molecule has 0 spiro atoms. The highest BCUT2D eigenvalue weighted by Crippen LogP contribution is 2.28. The van der Waals surface area contributed by atoms with E-state index in [1.165, 1.54) is 12.5 Å². The highest BCUT2D eigenvalue weighted by Gasteiger charge is 2.34. The van der Waals surface area contributed by atoms with Gasteiger partial charge in [-0.1, -0.05) is 23.7 Å². The van der Waals surface area contributed by atoms with E-state index in [4.69, 9.17) is 21.1 Å². The Morgan fingerprint density at radius 2 is 1.85 bits per heavy atom. The van der Waals surface area contributed by atoms with E-state index in [-0.39, 0.29) is 12.5 Å². The summed E-state index contributed by atoms with van der Waals surface area (Å²) in [6.45, 7) is 9.15. The molecule has 2 aromatic carbocycles. The highest BCUT2D eigenvalue weighted by molar-refractivity contribution is 6.32. The monoisotopic (exact) mass is 474 g/mol. The Labute approximate surface area is 201 Å². The fraction of sp³-hybridized carbons (Fsp3) is 0.500. The fourth-order valence-corrected chi connectivity index (χ4v) is 4.25. The Morgan fingerprint density at radius 1 is 1.15 bits per heavy atom. The maximum Gasteiger partial charge on any atom is 0.216 e. The van der Waals surface area contributed by atoms with Crippen molar-refractivity contribution in [3.8, 4) is 11.5 Å². The number of amides is 1. The Kier molecular flexibility index (Phi) is 9.01. The number of aliphatic hydroxyl groups is 1. The van der Waals surface area contributed by atoms with Crippen molar-refractivity contribution in [2.75, 3.05) is 32.8 Å². The molecule has 1 saturated heterocycles. The topological polar surface area (TPSA) is 71.0 Å². The molecule has 2 N–H and O–H groups in total. The Balaban J connectivity index is 1.47. The predicted octanol–water partition coefficient (Wildman–Crippen LogP) is 4.27. The molecule has 1 amide bonds. The zero-order valence-electron chi connectivity index (χ0n) is 19.8. The van der Waals surface area contributed by atoms with Crippen LogP contribution in [0.25, 0.3) is 0 Å². The number of aryl methyl sites for hydroxylation is 2. The van der Waals surface area contributed by atoms with Gasteiger partial charge in [0.2, 0.25) is 5.91 Å². The van der Waals surface area contributed by atoms with Crippen molar-refractivity contribution in [1.82, 2.24) is 10.2 Å². The molecule has 1 unspecified atom stereocenters. The van der Waals surface area contributed by atoms with E-state index in [9.17, 15) is 9.90 Å². The molecule has 0 aromatic heterocycles. The molecule has 1 fully saturated rings. The Hall–Kier alpha value is -2.28. The lowest BCUT2D eigenvalue weighted by Crippen LogP contribution is -2.51. The standard InChI is InChI=1S/C26H35ClN2O4/c1-19-14-24(15-20(2)25(19)27)33-18-26(31)10-4-12-29(17-26)16-22-6-8-23(9-7-22)32-13-5-11-28-21(3)30/h6-9,14-15,31H,4-5,10-13,16-18H2,1-3H3,(H,28,30). The maximum absolute atomic E-state index is 11.2. The molecule has 2 aromatic rings. The quantitative estimate of drug-likeness (QED) is 0.503. The minimum atomic E-state index is -0.878. The van der Waals surface area contributed by atoms with E-state index in [0.717, 1.165) is 60.0 Å². The van der Waals surface area contributed by atoms with Crippen LogP contribution in [0.4, 0.5) is 0 Å². The lowest BCUT2D eigenvalue weighted by molar-refractivity contribution is -0.118. The van der Waals surface area contributed by atoms with Crippen molar-refractivity contribution in [1.29, 1.82) is 0 Å². The van der Waals surface area contributed by atoms with Crippen LogP contribution < -0.4 is 14.8 Å². The van der Waals surface area contributed by atoms with Crippen molar-refractivity contribution in [3.63, 3.8) is 0 Å². The van der Waals surface area contributed by atoms with Gasteiger partial charge in [0.05, 0.1) is 6.61 Å². The molecule has 6 nitrogen and oxygen atoms in total. The molecule has 33 heavy (non-hydrogen) atoms. The smallest absolute Gasteiger partial charge is 0.216 e. The molecule has 180 valence electrons. The summed E-state index contributed by atoms with van der Waals surface area (Å²) in [6, 6.07) is 11.9. The third-order valence-corrected chi connectivity index (χ3v) is 6.44. The summed E-state index contributed by atoms with van der Waals surface area (Å²) >= 11 is 6.25. The van der Waals surface area contributed by atoms with E-state index in [1.807, 2.05) is 38.1 Å². The normalized spacial score (nSPS) is 18.7. The summed E-state index contributed by atoms with van der Waals surface area (Å²) < 4.78 is 11.7. The first-order valence-electron chi connectivity index (χ1n) is 11.5. The van der Waals surface area contributed by atoms with Gasteiger partial charge in [-0.15, -0.1) is 0 Å². The van der Waals surface area contributed by atoms with Gasteiger partial charge < -0.3 is 19.9 Å². The zero-order valence-corrected chi connectivity index (χ0v) is 20.6. The van der Waals surface area contributed by atoms with Crippen LogP contribution in [-0.2, 0) is 11.3 Å². The summed E-state index contributed by atoms with van der Waals surface area (Å²) in [6.07, 6.45) is 2.42. The molecule has 1 atom stereocenters. The van der Waals surface area contributed by atoms with Crippen LogP contribution in [0, 0.1) is 13.8 Å². The lowest BCUT2D eigenvalue weighted by atomic mass is 9.93. The van der Waals surface area contributed by atoms with Crippen molar-refractivity contribution < 1.29 is 19.4 Å². The number of β-amino-alcohol motifs (C(OH)–C–C–N with tert-alkyl or cyclic N) is 1. The van der Waals surface area contributed by atoms with E-state index >= 15 is 0 Å². The summed E-state index contributed by atoms with van der Waals surface area (Å²) in [5, 5.41) is 14.7. The van der Waals surface area contributed by atoms with Gasteiger partial charge in [0.15, 0.2) is 0 Å². The van der Waals surface area contributed by atoms with Crippen molar-refractivity contribution >= 4 is 17.5 Å². The summed E-state index contributed by atoms with van der Waals surface area (Å²) in [7, 11) is 0. The highest BCUT2D eigenvalue weighted by atomic mass is 35.5. The molecule has 0 saturated carbocycles. The number of rotatable bonds is 10. The molecule has 0 bridgehead atoms. The molecule has 1 aliphatic rings. The molecular weight excluding hydrogens is 440 g/mol. The first-order valence-corrected chi connectivity index (χ1v) is 11.9. The second-order valence-corrected chi connectivity index (χ2v) is 9.41. The molecule has 1 heterocycles. The van der Waals surface area contributed by atoms with Crippen LogP contribution in [0.1, 0.15) is 42.9 Å². The van der Waals surface area contributed by atoms with Gasteiger partial charge in [-0.05, 0) is 80.6 Å². The Bertz CT molecular complexity index is 911. The molecule has 1 aliphatic heterocycles. The average Bonchev–Trinajstić information content (AvgIpc) is 2.77. The number of nitrogens with zero attached hydrogens (tertiary/aromatic N) is 1. The third-order valence-electron chi connectivity index (χ3n) is 5.85. The SMILES string of the molecule is CC(=O)NCCCOc1ccc(CN2CCCC(O)(COc3cc(C)c(Cl)c(C)c3)C2)cc1. The van der Waals surface area contributed by atoms with Crippen molar-refractivity contribution in [3.05, 3.63) is 58.1 Å². The number of piperidine rings is 1. The molecule has 7 heteroatoms. The van der Waals surface area contributed by atoms with Crippen LogP contribution >= 0.6 is 11.6 Å². The number of carbonyl (C=O) groups excluding carboxylic acids is 1. The van der Waals surface area contributed by atoms with E-state index in [2.05, 4.69) is 22.3 Å². The maximum atomic E-state index is 11.2. The number of hydrogen-bond donors (Lipinski definition) is 2. The lowest BCUT2D eigenvalue weighted by Gasteiger charge is -2.39. The van der Waals surface area contributed by atoms with E-state index in [1.54, 1.807) is 0 Å². The number of nitrogens with one attached hydrogen (secondary N) is 1. The largest absolute Gasteiger partial charge is 0.494 e. The van der Waals surface area contributed by atoms with Gasteiger partial charge in [-0.25, -0.2) is 0 Å². The van der Waals surface area contributed by atoms with Crippen molar-refractivity contribution in [2.24, 2.45) is 0 Å². The van der Waals surface area contributed by atoms with Gasteiger partial charge in [-0.2, -0.15) is 0 Å². The second kappa shape index (κ2) is 11.7. The summed E-state index contributed by atoms with van der Waals surface area (Å²) in [4.78, 5) is 13.1. The van der Waals surface area contributed by atoms with Crippen LogP contribution in [0.3, 0.4) is 0 Å². The second-order valence-electron chi connectivity index (χ2n) is 9.03. The van der Waals surface area contributed by atoms with Gasteiger partial charge >= 0.3 is 0 Å². The molecular formula is C26H35ClN2O4. The average molecular weight is 475 g/mol. The van der Waals surface area contributed by atoms with Gasteiger partial charge in [0, 0.05) is 31.6 Å². The van der Waals surface area contributed by atoms with Crippen LogP contribution in [-0.4, -0.2) is 54.4 Å². The Morgan fingerprint density at radius 3 is 2.52 bits per heavy atom. The predicted molar refractivity (Wildman–Crippen MR) is 131 cm³/mol. The number of halogens is 1. The van der Waals surface area contributed by atoms with Gasteiger partial charge in [0.25, 0.3) is 0 Å². The van der Waals surface area contributed by atoms with Crippen molar-refractivity contribution in [2.45, 2.75) is 52.2 Å². The molecule has 0 aliphatic carbocycles. The van der Waals surface area contributed by atoms with E-state index in [0.29, 0.717) is 19.7 Å². The summed E-state index contributed by atoms with van der Waals surface area (Å²) in [5.74, 6) is 1.54. The number of likely N-dealkylation sites (tertiary alicyclic amines) is 1. The number of ether oxygens (including phenoxy) is 2.